The first-order chi connectivity index (χ1) is 13.6. The van der Waals surface area contributed by atoms with Gasteiger partial charge in [-0.1, -0.05) is 42.1 Å². The third kappa shape index (κ3) is 3.72. The molecular weight excluding hydrogens is 376 g/mol. The van der Waals surface area contributed by atoms with E-state index in [4.69, 9.17) is 0 Å². The highest BCUT2D eigenvalue weighted by molar-refractivity contribution is 7.99. The Morgan fingerprint density at radius 1 is 1.04 bits per heavy atom. The summed E-state index contributed by atoms with van der Waals surface area (Å²) < 4.78 is 0. The molecule has 0 spiro atoms. The summed E-state index contributed by atoms with van der Waals surface area (Å²) in [5, 5.41) is 13.9. The molecule has 1 amide bonds. The van der Waals surface area contributed by atoms with Crippen molar-refractivity contribution in [2.24, 2.45) is 0 Å². The molecule has 0 radical (unpaired) electrons. The fraction of sp³-hybridized carbons (Fsp3) is 0. The van der Waals surface area contributed by atoms with Gasteiger partial charge in [0.1, 0.15) is 0 Å². The van der Waals surface area contributed by atoms with Crippen LogP contribution >= 0.6 is 11.8 Å². The molecule has 28 heavy (non-hydrogen) atoms. The number of aromatic nitrogens is 2. The normalized spacial score (nSPS) is 10.7. The summed E-state index contributed by atoms with van der Waals surface area (Å²) in [4.78, 5) is 32.4. The maximum Gasteiger partial charge on any atom is 0.270 e. The summed E-state index contributed by atoms with van der Waals surface area (Å²) in [6, 6.07) is 21.1. The number of rotatable bonds is 5. The molecule has 7 nitrogen and oxygen atoms in total. The molecule has 8 heteroatoms. The predicted molar refractivity (Wildman–Crippen MR) is 108 cm³/mol. The molecule has 2 N–H and O–H groups in total. The van der Waals surface area contributed by atoms with Gasteiger partial charge in [0.05, 0.1) is 21.5 Å². The number of para-hydroxylation sites is 2. The van der Waals surface area contributed by atoms with Gasteiger partial charge in [0, 0.05) is 21.9 Å². The minimum atomic E-state index is -0.519. The number of hydrogen-bond acceptors (Lipinski definition) is 5. The van der Waals surface area contributed by atoms with Crippen LogP contribution in [0.3, 0.4) is 0 Å². The van der Waals surface area contributed by atoms with Crippen LogP contribution in [0.1, 0.15) is 10.4 Å². The predicted octanol–water partition coefficient (Wildman–Crippen LogP) is 4.87. The number of non-ortho nitro benzene ring substituents is 1. The van der Waals surface area contributed by atoms with Crippen molar-refractivity contribution in [3.05, 3.63) is 88.5 Å². The average molecular weight is 390 g/mol. The van der Waals surface area contributed by atoms with Crippen LogP contribution < -0.4 is 5.32 Å². The quantitative estimate of drug-likeness (QED) is 0.374. The number of nitrogens with zero attached hydrogens (tertiary/aromatic N) is 2. The van der Waals surface area contributed by atoms with Crippen molar-refractivity contribution < 1.29 is 9.72 Å². The number of benzene rings is 3. The standard InChI is InChI=1S/C20H14N4O3S/c25-19(23-20-21-16-8-4-5-9-17(16)22-20)15-12-13(24(26)27)10-11-18(15)28-14-6-2-1-3-7-14/h1-12H,(H2,21,22,23,25). The van der Waals surface area contributed by atoms with Crippen molar-refractivity contribution >= 4 is 40.3 Å². The fourth-order valence-electron chi connectivity index (χ4n) is 2.70. The smallest absolute Gasteiger partial charge is 0.270 e. The largest absolute Gasteiger partial charge is 0.324 e. The van der Waals surface area contributed by atoms with E-state index in [1.54, 1.807) is 6.07 Å². The molecule has 0 atom stereocenters. The minimum Gasteiger partial charge on any atom is -0.324 e. The van der Waals surface area contributed by atoms with E-state index < -0.39 is 10.8 Å². The Morgan fingerprint density at radius 3 is 2.54 bits per heavy atom. The van der Waals surface area contributed by atoms with Crippen LogP contribution in [0.15, 0.2) is 82.6 Å². The minimum absolute atomic E-state index is 0.146. The number of fused-ring (bicyclic) bond motifs is 1. The van der Waals surface area contributed by atoms with Gasteiger partial charge in [0.15, 0.2) is 0 Å². The molecule has 1 aromatic heterocycles. The van der Waals surface area contributed by atoms with E-state index in [1.807, 2.05) is 54.6 Å². The molecule has 0 unspecified atom stereocenters. The number of amides is 1. The summed E-state index contributed by atoms with van der Waals surface area (Å²) in [6.07, 6.45) is 0. The maximum absolute atomic E-state index is 12.9. The molecule has 4 rings (SSSR count). The van der Waals surface area contributed by atoms with Crippen LogP contribution in [0.4, 0.5) is 11.6 Å². The zero-order chi connectivity index (χ0) is 19.5. The second kappa shape index (κ2) is 7.53. The third-order valence-electron chi connectivity index (χ3n) is 4.01. The summed E-state index contributed by atoms with van der Waals surface area (Å²) in [6.45, 7) is 0. The molecule has 0 aliphatic heterocycles. The molecule has 0 aliphatic carbocycles. The zero-order valence-corrected chi connectivity index (χ0v) is 15.3. The van der Waals surface area contributed by atoms with E-state index in [2.05, 4.69) is 15.3 Å². The van der Waals surface area contributed by atoms with E-state index >= 15 is 0 Å². The van der Waals surface area contributed by atoms with Crippen molar-refractivity contribution in [1.29, 1.82) is 0 Å². The van der Waals surface area contributed by atoms with Crippen molar-refractivity contribution in [2.75, 3.05) is 5.32 Å². The van der Waals surface area contributed by atoms with Crippen molar-refractivity contribution in [3.8, 4) is 0 Å². The van der Waals surface area contributed by atoms with E-state index in [1.165, 1.54) is 23.9 Å². The fourth-order valence-corrected chi connectivity index (χ4v) is 3.65. The second-order valence-electron chi connectivity index (χ2n) is 5.91. The molecule has 0 saturated heterocycles. The van der Waals surface area contributed by atoms with Crippen LogP contribution in [0.2, 0.25) is 0 Å². The van der Waals surface area contributed by atoms with Gasteiger partial charge in [0.25, 0.3) is 11.6 Å². The number of anilines is 1. The lowest BCUT2D eigenvalue weighted by Crippen LogP contribution is -2.14. The van der Waals surface area contributed by atoms with E-state index in [0.717, 1.165) is 15.9 Å². The lowest BCUT2D eigenvalue weighted by Gasteiger charge is -2.09. The molecule has 138 valence electrons. The molecule has 0 saturated carbocycles. The van der Waals surface area contributed by atoms with Crippen LogP contribution in [0.25, 0.3) is 11.0 Å². The lowest BCUT2D eigenvalue weighted by molar-refractivity contribution is -0.384. The van der Waals surface area contributed by atoms with E-state index in [9.17, 15) is 14.9 Å². The van der Waals surface area contributed by atoms with E-state index in [0.29, 0.717) is 4.90 Å². The highest BCUT2D eigenvalue weighted by Gasteiger charge is 2.19. The highest BCUT2D eigenvalue weighted by atomic mass is 32.2. The number of nitro benzene ring substituents is 1. The Morgan fingerprint density at radius 2 is 1.79 bits per heavy atom. The number of carbonyl (C=O) groups is 1. The Bertz CT molecular complexity index is 1140. The molecule has 0 bridgehead atoms. The summed E-state index contributed by atoms with van der Waals surface area (Å²) >= 11 is 1.36. The van der Waals surface area contributed by atoms with Gasteiger partial charge in [-0.3, -0.25) is 20.2 Å². The van der Waals surface area contributed by atoms with Gasteiger partial charge < -0.3 is 4.98 Å². The first kappa shape index (κ1) is 17.7. The Hall–Kier alpha value is -3.65. The molecule has 0 fully saturated rings. The average Bonchev–Trinajstić information content (AvgIpc) is 3.11. The summed E-state index contributed by atoms with van der Waals surface area (Å²) in [5.41, 5.74) is 1.57. The topological polar surface area (TPSA) is 101 Å². The SMILES string of the molecule is O=C(Nc1nc2ccccc2[nH]1)c1cc([N+](=O)[O-])ccc1Sc1ccccc1. The van der Waals surface area contributed by atoms with Crippen molar-refractivity contribution in [2.45, 2.75) is 9.79 Å². The number of carbonyl (C=O) groups excluding carboxylic acids is 1. The van der Waals surface area contributed by atoms with Crippen LogP contribution in [0.5, 0.6) is 0 Å². The Kier molecular flexibility index (Phi) is 4.77. The molecule has 1 heterocycles. The third-order valence-corrected chi connectivity index (χ3v) is 5.09. The van der Waals surface area contributed by atoms with Crippen LogP contribution in [-0.2, 0) is 0 Å². The van der Waals surface area contributed by atoms with Crippen molar-refractivity contribution in [3.63, 3.8) is 0 Å². The number of aromatic amines is 1. The van der Waals surface area contributed by atoms with Gasteiger partial charge in [0.2, 0.25) is 5.95 Å². The number of nitro groups is 1. The molecule has 0 aliphatic rings. The maximum atomic E-state index is 12.9. The van der Waals surface area contributed by atoms with Crippen molar-refractivity contribution in [1.82, 2.24) is 9.97 Å². The van der Waals surface area contributed by atoms with Gasteiger partial charge in [-0.15, -0.1) is 0 Å². The van der Waals surface area contributed by atoms with Gasteiger partial charge in [-0.05, 0) is 30.3 Å². The second-order valence-corrected chi connectivity index (χ2v) is 7.02. The van der Waals surface area contributed by atoms with Crippen LogP contribution in [0, 0.1) is 10.1 Å². The summed E-state index contributed by atoms with van der Waals surface area (Å²) in [7, 11) is 0. The van der Waals surface area contributed by atoms with Crippen LogP contribution in [-0.4, -0.2) is 20.8 Å². The van der Waals surface area contributed by atoms with Gasteiger partial charge in [-0.25, -0.2) is 4.98 Å². The van der Waals surface area contributed by atoms with Gasteiger partial charge in [-0.2, -0.15) is 0 Å². The molecule has 3 aromatic carbocycles. The Labute approximate surface area is 164 Å². The number of H-pyrrole nitrogens is 1. The highest BCUT2D eigenvalue weighted by Crippen LogP contribution is 2.33. The number of hydrogen-bond donors (Lipinski definition) is 2. The first-order valence-electron chi connectivity index (χ1n) is 8.37. The zero-order valence-electron chi connectivity index (χ0n) is 14.5. The first-order valence-corrected chi connectivity index (χ1v) is 9.19. The number of nitrogens with one attached hydrogen (secondary N) is 2. The monoisotopic (exact) mass is 390 g/mol. The van der Waals surface area contributed by atoms with Gasteiger partial charge >= 0.3 is 0 Å². The molecular formula is C20H14N4O3S. The number of imidazole rings is 1. The summed E-state index contributed by atoms with van der Waals surface area (Å²) in [5.74, 6) is -0.186. The van der Waals surface area contributed by atoms with E-state index in [-0.39, 0.29) is 17.2 Å². The lowest BCUT2D eigenvalue weighted by atomic mass is 10.2. The molecule has 4 aromatic rings. The Balaban J connectivity index is 1.67.